The van der Waals surface area contributed by atoms with E-state index in [0.717, 1.165) is 6.42 Å². The first-order valence-corrected chi connectivity index (χ1v) is 12.5. The summed E-state index contributed by atoms with van der Waals surface area (Å²) in [4.78, 5) is 28.5. The molecule has 0 spiro atoms. The third kappa shape index (κ3) is 3.39. The lowest BCUT2D eigenvalue weighted by atomic mass is 9.97. The smallest absolute Gasteiger partial charge is 0.291 e. The molecule has 7 nitrogen and oxygen atoms in total. The molecule has 3 aromatic rings. The van der Waals surface area contributed by atoms with Crippen LogP contribution in [0.1, 0.15) is 47.5 Å². The molecule has 0 saturated carbocycles. The third-order valence-corrected chi connectivity index (χ3v) is 7.81. The zero-order valence-corrected chi connectivity index (χ0v) is 18.4. The van der Waals surface area contributed by atoms with Gasteiger partial charge in [0.15, 0.2) is 15.3 Å². The van der Waals surface area contributed by atoms with Gasteiger partial charge in [-0.15, -0.1) is 0 Å². The fraction of sp³-hybridized carbons (Fsp3) is 0.333. The first-order chi connectivity index (χ1) is 15.4. The first-order valence-electron chi connectivity index (χ1n) is 10.7. The molecular formula is C24H23NO6S. The molecule has 1 fully saturated rings. The summed E-state index contributed by atoms with van der Waals surface area (Å²) in [6, 6.07) is 12.8. The Morgan fingerprint density at radius 3 is 2.69 bits per heavy atom. The summed E-state index contributed by atoms with van der Waals surface area (Å²) in [5, 5.41) is 0.392. The molecule has 1 amide bonds. The van der Waals surface area contributed by atoms with E-state index in [1.807, 2.05) is 31.2 Å². The summed E-state index contributed by atoms with van der Waals surface area (Å²) in [5.41, 5.74) is 1.01. The molecule has 0 radical (unpaired) electrons. The SMILES string of the molecule is CCCOc1cccc(C2c3c(oc4ccccc4c3=O)C(=O)N2C2CCS(=O)(=O)C2)c1. The number of fused-ring (bicyclic) bond motifs is 2. The van der Waals surface area contributed by atoms with E-state index in [1.54, 1.807) is 24.3 Å². The maximum atomic E-state index is 13.5. The highest BCUT2D eigenvalue weighted by Gasteiger charge is 2.48. The highest BCUT2D eigenvalue weighted by molar-refractivity contribution is 7.91. The number of rotatable bonds is 5. The van der Waals surface area contributed by atoms with Crippen molar-refractivity contribution in [2.75, 3.05) is 18.1 Å². The molecule has 2 atom stereocenters. The number of sulfone groups is 1. The molecule has 2 aliphatic heterocycles. The van der Waals surface area contributed by atoms with Crippen LogP contribution in [-0.4, -0.2) is 43.4 Å². The number of carbonyl (C=O) groups is 1. The largest absolute Gasteiger partial charge is 0.494 e. The predicted octanol–water partition coefficient (Wildman–Crippen LogP) is 3.31. The molecule has 5 rings (SSSR count). The minimum atomic E-state index is -3.24. The van der Waals surface area contributed by atoms with E-state index in [2.05, 4.69) is 0 Å². The number of para-hydroxylation sites is 1. The summed E-state index contributed by atoms with van der Waals surface area (Å²) in [5.74, 6) is 0.0726. The summed E-state index contributed by atoms with van der Waals surface area (Å²) in [7, 11) is -3.24. The van der Waals surface area contributed by atoms with Crippen molar-refractivity contribution < 1.29 is 22.4 Å². The van der Waals surface area contributed by atoms with Gasteiger partial charge in [0.2, 0.25) is 5.76 Å². The molecular weight excluding hydrogens is 430 g/mol. The molecule has 2 unspecified atom stereocenters. The van der Waals surface area contributed by atoms with Crippen LogP contribution in [0.3, 0.4) is 0 Å². The fourth-order valence-electron chi connectivity index (χ4n) is 4.63. The topological polar surface area (TPSA) is 93.9 Å². The van der Waals surface area contributed by atoms with Gasteiger partial charge in [-0.2, -0.15) is 0 Å². The van der Waals surface area contributed by atoms with Gasteiger partial charge in [0, 0.05) is 6.04 Å². The minimum Gasteiger partial charge on any atom is -0.494 e. The Labute approximate surface area is 185 Å². The van der Waals surface area contributed by atoms with E-state index in [9.17, 15) is 18.0 Å². The first kappa shape index (κ1) is 20.8. The van der Waals surface area contributed by atoms with Crippen LogP contribution >= 0.6 is 0 Å². The molecule has 0 aliphatic carbocycles. The van der Waals surface area contributed by atoms with Crippen LogP contribution in [0.4, 0.5) is 0 Å². The van der Waals surface area contributed by atoms with Crippen molar-refractivity contribution in [1.29, 1.82) is 0 Å². The van der Waals surface area contributed by atoms with Gasteiger partial charge in [0.1, 0.15) is 11.3 Å². The van der Waals surface area contributed by atoms with Gasteiger partial charge in [-0.05, 0) is 42.7 Å². The zero-order chi connectivity index (χ0) is 22.5. The van der Waals surface area contributed by atoms with E-state index in [-0.39, 0.29) is 28.3 Å². The van der Waals surface area contributed by atoms with Gasteiger partial charge in [-0.1, -0.05) is 31.2 Å². The lowest BCUT2D eigenvalue weighted by molar-refractivity contribution is 0.0662. The molecule has 1 aromatic heterocycles. The molecule has 166 valence electrons. The van der Waals surface area contributed by atoms with E-state index in [4.69, 9.17) is 9.15 Å². The van der Waals surface area contributed by atoms with Gasteiger partial charge in [0.05, 0.1) is 35.1 Å². The van der Waals surface area contributed by atoms with Crippen LogP contribution in [0.5, 0.6) is 5.75 Å². The third-order valence-electron chi connectivity index (χ3n) is 6.06. The van der Waals surface area contributed by atoms with Crippen LogP contribution in [0.2, 0.25) is 0 Å². The summed E-state index contributed by atoms with van der Waals surface area (Å²) in [6.45, 7) is 2.55. The minimum absolute atomic E-state index is 0.0112. The lowest BCUT2D eigenvalue weighted by Crippen LogP contribution is -2.40. The van der Waals surface area contributed by atoms with Gasteiger partial charge in [-0.3, -0.25) is 9.59 Å². The monoisotopic (exact) mass is 453 g/mol. The fourth-order valence-corrected chi connectivity index (χ4v) is 6.34. The standard InChI is InChI=1S/C24H23NO6S/c1-2-11-30-17-7-5-6-15(13-17)21-20-22(26)18-8-3-4-9-19(18)31-23(20)24(27)25(21)16-10-12-32(28,29)14-16/h3-9,13,16,21H,2,10-12,14H2,1H3. The predicted molar refractivity (Wildman–Crippen MR) is 120 cm³/mol. The number of ether oxygens (including phenoxy) is 1. The molecule has 2 aromatic carbocycles. The number of amides is 1. The molecule has 2 aliphatic rings. The van der Waals surface area contributed by atoms with Crippen molar-refractivity contribution in [3.05, 3.63) is 75.6 Å². The maximum absolute atomic E-state index is 13.5. The van der Waals surface area contributed by atoms with E-state index >= 15 is 0 Å². The number of carbonyl (C=O) groups excluding carboxylic acids is 1. The number of nitrogens with zero attached hydrogens (tertiary/aromatic N) is 1. The van der Waals surface area contributed by atoms with Crippen molar-refractivity contribution in [2.45, 2.75) is 31.8 Å². The Morgan fingerprint density at radius 2 is 1.94 bits per heavy atom. The normalized spacial score (nSPS) is 21.8. The number of hydrogen-bond acceptors (Lipinski definition) is 6. The van der Waals surface area contributed by atoms with Crippen molar-refractivity contribution in [1.82, 2.24) is 4.90 Å². The molecule has 0 bridgehead atoms. The Bertz CT molecular complexity index is 1380. The van der Waals surface area contributed by atoms with Gasteiger partial charge >= 0.3 is 0 Å². The van der Waals surface area contributed by atoms with Gasteiger partial charge in [-0.25, -0.2) is 8.42 Å². The highest BCUT2D eigenvalue weighted by atomic mass is 32.2. The Morgan fingerprint density at radius 1 is 1.12 bits per heavy atom. The van der Waals surface area contributed by atoms with Gasteiger partial charge in [0.25, 0.3) is 5.91 Å². The van der Waals surface area contributed by atoms with Gasteiger partial charge < -0.3 is 14.1 Å². The maximum Gasteiger partial charge on any atom is 0.291 e. The molecule has 0 N–H and O–H groups in total. The summed E-state index contributed by atoms with van der Waals surface area (Å²) >= 11 is 0. The Balaban J connectivity index is 1.70. The number of hydrogen-bond donors (Lipinski definition) is 0. The summed E-state index contributed by atoms with van der Waals surface area (Å²) < 4.78 is 36.1. The quantitative estimate of drug-likeness (QED) is 0.588. The summed E-state index contributed by atoms with van der Waals surface area (Å²) in [6.07, 6.45) is 1.18. The van der Waals surface area contributed by atoms with Crippen molar-refractivity contribution in [3.8, 4) is 5.75 Å². The van der Waals surface area contributed by atoms with Crippen LogP contribution < -0.4 is 10.2 Å². The lowest BCUT2D eigenvalue weighted by Gasteiger charge is -2.30. The second-order valence-electron chi connectivity index (χ2n) is 8.26. The van der Waals surface area contributed by atoms with Crippen molar-refractivity contribution in [2.24, 2.45) is 0 Å². The van der Waals surface area contributed by atoms with E-state index < -0.39 is 27.8 Å². The van der Waals surface area contributed by atoms with Crippen LogP contribution in [0, 0.1) is 0 Å². The van der Waals surface area contributed by atoms with E-state index in [0.29, 0.717) is 35.3 Å². The average Bonchev–Trinajstić information content (AvgIpc) is 3.29. The highest BCUT2D eigenvalue weighted by Crippen LogP contribution is 2.42. The van der Waals surface area contributed by atoms with E-state index in [1.165, 1.54) is 4.90 Å². The second-order valence-corrected chi connectivity index (χ2v) is 10.5. The average molecular weight is 454 g/mol. The van der Waals surface area contributed by atoms with Crippen molar-refractivity contribution in [3.63, 3.8) is 0 Å². The second kappa shape index (κ2) is 7.78. The number of benzene rings is 2. The van der Waals surface area contributed by atoms with Crippen LogP contribution in [0.15, 0.2) is 57.7 Å². The Hall–Kier alpha value is -3.13. The molecule has 8 heteroatoms. The van der Waals surface area contributed by atoms with Crippen molar-refractivity contribution >= 4 is 26.7 Å². The van der Waals surface area contributed by atoms with Crippen LogP contribution in [-0.2, 0) is 9.84 Å². The molecule has 1 saturated heterocycles. The molecule has 3 heterocycles. The Kier molecular flexibility index (Phi) is 5.04. The molecule has 32 heavy (non-hydrogen) atoms. The van der Waals surface area contributed by atoms with Crippen LogP contribution in [0.25, 0.3) is 11.0 Å². The zero-order valence-electron chi connectivity index (χ0n) is 17.6.